The van der Waals surface area contributed by atoms with E-state index in [1.165, 1.54) is 0 Å². The second-order valence-corrected chi connectivity index (χ2v) is 3.92. The van der Waals surface area contributed by atoms with Crippen LogP contribution < -0.4 is 5.32 Å². The van der Waals surface area contributed by atoms with E-state index >= 15 is 0 Å². The molecule has 0 radical (unpaired) electrons. The minimum Gasteiger partial charge on any atom is -0.375 e. The Labute approximate surface area is 101 Å². The number of rotatable bonds is 6. The molecule has 4 heteroatoms. The summed E-state index contributed by atoms with van der Waals surface area (Å²) in [5, 5.41) is 4.49. The SMILES string of the molecule is CCNCCOCc1c(Cl)cccc1Cl. The molecule has 0 fully saturated rings. The first-order valence-corrected chi connectivity index (χ1v) is 5.72. The fourth-order valence-corrected chi connectivity index (χ4v) is 1.67. The quantitative estimate of drug-likeness (QED) is 0.781. The number of likely N-dealkylation sites (N-methyl/N-ethyl adjacent to an activating group) is 1. The number of ether oxygens (including phenoxy) is 1. The highest BCUT2D eigenvalue weighted by Gasteiger charge is 2.04. The smallest absolute Gasteiger partial charge is 0.0746 e. The van der Waals surface area contributed by atoms with Crippen LogP contribution in [0, 0.1) is 0 Å². The van der Waals surface area contributed by atoms with E-state index in [4.69, 9.17) is 27.9 Å². The molecule has 0 unspecified atom stereocenters. The average molecular weight is 248 g/mol. The summed E-state index contributed by atoms with van der Waals surface area (Å²) in [7, 11) is 0. The normalized spacial score (nSPS) is 10.6. The molecule has 0 aliphatic rings. The van der Waals surface area contributed by atoms with Crippen LogP contribution in [0.2, 0.25) is 10.0 Å². The van der Waals surface area contributed by atoms with Crippen molar-refractivity contribution in [2.75, 3.05) is 19.7 Å². The Morgan fingerprint density at radius 3 is 2.53 bits per heavy atom. The third-order valence-corrected chi connectivity index (χ3v) is 2.69. The van der Waals surface area contributed by atoms with E-state index in [0.717, 1.165) is 18.7 Å². The van der Waals surface area contributed by atoms with Crippen molar-refractivity contribution in [2.24, 2.45) is 0 Å². The first-order valence-electron chi connectivity index (χ1n) is 4.97. The second kappa shape index (κ2) is 7.07. The van der Waals surface area contributed by atoms with E-state index < -0.39 is 0 Å². The van der Waals surface area contributed by atoms with Gasteiger partial charge in [-0.15, -0.1) is 0 Å². The van der Waals surface area contributed by atoms with Crippen molar-refractivity contribution < 1.29 is 4.74 Å². The zero-order valence-corrected chi connectivity index (χ0v) is 10.2. The monoisotopic (exact) mass is 247 g/mol. The van der Waals surface area contributed by atoms with Crippen LogP contribution in [0.3, 0.4) is 0 Å². The van der Waals surface area contributed by atoms with Gasteiger partial charge >= 0.3 is 0 Å². The van der Waals surface area contributed by atoms with Gasteiger partial charge in [0.1, 0.15) is 0 Å². The molecule has 15 heavy (non-hydrogen) atoms. The van der Waals surface area contributed by atoms with Crippen molar-refractivity contribution >= 4 is 23.2 Å². The zero-order valence-electron chi connectivity index (χ0n) is 8.72. The maximum atomic E-state index is 5.99. The van der Waals surface area contributed by atoms with Crippen LogP contribution in [0.5, 0.6) is 0 Å². The van der Waals surface area contributed by atoms with Gasteiger partial charge in [0, 0.05) is 22.2 Å². The van der Waals surface area contributed by atoms with Crippen LogP contribution in [0.4, 0.5) is 0 Å². The molecule has 84 valence electrons. The van der Waals surface area contributed by atoms with E-state index in [-0.39, 0.29) is 0 Å². The minimum atomic E-state index is 0.462. The zero-order chi connectivity index (χ0) is 11.1. The Morgan fingerprint density at radius 1 is 1.27 bits per heavy atom. The number of halogens is 2. The van der Waals surface area contributed by atoms with Crippen molar-refractivity contribution in [1.82, 2.24) is 5.32 Å². The molecule has 2 nitrogen and oxygen atoms in total. The van der Waals surface area contributed by atoms with Crippen molar-refractivity contribution in [2.45, 2.75) is 13.5 Å². The van der Waals surface area contributed by atoms with Gasteiger partial charge in [-0.2, -0.15) is 0 Å². The summed E-state index contributed by atoms with van der Waals surface area (Å²) >= 11 is 12.0. The highest BCUT2D eigenvalue weighted by atomic mass is 35.5. The molecule has 0 atom stereocenters. The summed E-state index contributed by atoms with van der Waals surface area (Å²) in [6.07, 6.45) is 0. The summed E-state index contributed by atoms with van der Waals surface area (Å²) in [4.78, 5) is 0. The van der Waals surface area contributed by atoms with Crippen LogP contribution in [-0.2, 0) is 11.3 Å². The van der Waals surface area contributed by atoms with E-state index in [0.29, 0.717) is 23.3 Å². The lowest BCUT2D eigenvalue weighted by molar-refractivity contribution is 0.123. The number of hydrogen-bond acceptors (Lipinski definition) is 2. The maximum absolute atomic E-state index is 5.99. The third-order valence-electron chi connectivity index (χ3n) is 1.98. The second-order valence-electron chi connectivity index (χ2n) is 3.11. The summed E-state index contributed by atoms with van der Waals surface area (Å²) < 4.78 is 5.45. The molecule has 1 rings (SSSR count). The molecule has 0 aliphatic heterocycles. The van der Waals surface area contributed by atoms with Gasteiger partial charge in [0.25, 0.3) is 0 Å². The maximum Gasteiger partial charge on any atom is 0.0746 e. The van der Waals surface area contributed by atoms with Crippen LogP contribution in [0.15, 0.2) is 18.2 Å². The molecule has 0 saturated carbocycles. The molecule has 1 aromatic carbocycles. The molecule has 0 heterocycles. The van der Waals surface area contributed by atoms with Crippen LogP contribution in [-0.4, -0.2) is 19.7 Å². The number of nitrogens with one attached hydrogen (secondary N) is 1. The van der Waals surface area contributed by atoms with E-state index in [9.17, 15) is 0 Å². The van der Waals surface area contributed by atoms with Crippen molar-refractivity contribution in [3.63, 3.8) is 0 Å². The van der Waals surface area contributed by atoms with Crippen LogP contribution in [0.1, 0.15) is 12.5 Å². The fraction of sp³-hybridized carbons (Fsp3) is 0.455. The lowest BCUT2D eigenvalue weighted by atomic mass is 10.2. The first kappa shape index (κ1) is 12.8. The van der Waals surface area contributed by atoms with Crippen molar-refractivity contribution in [1.29, 1.82) is 0 Å². The molecule has 0 saturated heterocycles. The lowest BCUT2D eigenvalue weighted by Gasteiger charge is -2.08. The van der Waals surface area contributed by atoms with E-state index in [2.05, 4.69) is 12.2 Å². The molecule has 1 N–H and O–H groups in total. The first-order chi connectivity index (χ1) is 7.25. The third kappa shape index (κ3) is 4.39. The van der Waals surface area contributed by atoms with E-state index in [1.807, 2.05) is 18.2 Å². The average Bonchev–Trinajstić information content (AvgIpc) is 2.21. The largest absolute Gasteiger partial charge is 0.375 e. The topological polar surface area (TPSA) is 21.3 Å². The van der Waals surface area contributed by atoms with Gasteiger partial charge in [0.2, 0.25) is 0 Å². The van der Waals surface area contributed by atoms with Gasteiger partial charge in [-0.3, -0.25) is 0 Å². The number of hydrogen-bond donors (Lipinski definition) is 1. The van der Waals surface area contributed by atoms with Crippen molar-refractivity contribution in [3.8, 4) is 0 Å². The summed E-state index contributed by atoms with van der Waals surface area (Å²) in [5.74, 6) is 0. The molecular weight excluding hydrogens is 233 g/mol. The molecular formula is C11H15Cl2NO. The standard InChI is InChI=1S/C11H15Cl2NO/c1-2-14-6-7-15-8-9-10(12)4-3-5-11(9)13/h3-5,14H,2,6-8H2,1H3. The molecule has 0 bridgehead atoms. The highest BCUT2D eigenvalue weighted by molar-refractivity contribution is 6.35. The minimum absolute atomic E-state index is 0.462. The fourth-order valence-electron chi connectivity index (χ4n) is 1.17. The molecule has 0 spiro atoms. The van der Waals surface area contributed by atoms with Gasteiger partial charge in [-0.25, -0.2) is 0 Å². The van der Waals surface area contributed by atoms with Gasteiger partial charge in [0.05, 0.1) is 13.2 Å². The van der Waals surface area contributed by atoms with E-state index in [1.54, 1.807) is 0 Å². The Balaban J connectivity index is 2.37. The molecule has 0 aromatic heterocycles. The van der Waals surface area contributed by atoms with Gasteiger partial charge in [-0.1, -0.05) is 36.2 Å². The Morgan fingerprint density at radius 2 is 1.93 bits per heavy atom. The molecule has 1 aromatic rings. The summed E-state index contributed by atoms with van der Waals surface area (Å²) in [5.41, 5.74) is 0.859. The lowest BCUT2D eigenvalue weighted by Crippen LogP contribution is -2.18. The van der Waals surface area contributed by atoms with Gasteiger partial charge < -0.3 is 10.1 Å². The van der Waals surface area contributed by atoms with Gasteiger partial charge in [-0.05, 0) is 18.7 Å². The molecule has 0 aliphatic carbocycles. The molecule has 0 amide bonds. The Kier molecular flexibility index (Phi) is 6.03. The Hall–Kier alpha value is -0.280. The number of benzene rings is 1. The van der Waals surface area contributed by atoms with Crippen LogP contribution in [0.25, 0.3) is 0 Å². The predicted molar refractivity (Wildman–Crippen MR) is 64.7 cm³/mol. The van der Waals surface area contributed by atoms with Crippen LogP contribution >= 0.6 is 23.2 Å². The van der Waals surface area contributed by atoms with Crippen molar-refractivity contribution in [3.05, 3.63) is 33.8 Å². The highest BCUT2D eigenvalue weighted by Crippen LogP contribution is 2.24. The summed E-state index contributed by atoms with van der Waals surface area (Å²) in [6.45, 7) is 4.99. The summed E-state index contributed by atoms with van der Waals surface area (Å²) in [6, 6.07) is 5.46. The van der Waals surface area contributed by atoms with Gasteiger partial charge in [0.15, 0.2) is 0 Å². The predicted octanol–water partition coefficient (Wildman–Crippen LogP) is 3.12. The Bertz CT molecular complexity index is 284.